The van der Waals surface area contributed by atoms with Crippen molar-refractivity contribution < 1.29 is 0 Å². The lowest BCUT2D eigenvalue weighted by molar-refractivity contribution is 1.17. The largest absolute Gasteiger partial charge is 0.309 e. The number of rotatable bonds is 4. The first kappa shape index (κ1) is 34.3. The second kappa shape index (κ2) is 13.1. The topological polar surface area (TPSA) is 14.8 Å². The van der Waals surface area contributed by atoms with Crippen molar-refractivity contribution in [3.05, 3.63) is 224 Å². The Morgan fingerprint density at radius 2 is 0.635 bits per heavy atom. The fourth-order valence-corrected chi connectivity index (χ4v) is 10.7. The van der Waals surface area contributed by atoms with Crippen molar-refractivity contribution in [1.29, 1.82) is 0 Å². The van der Waals surface area contributed by atoms with Crippen molar-refractivity contribution >= 4 is 97.7 Å². The maximum Gasteiger partial charge on any atom is 0.0562 e. The molecule has 0 aliphatic heterocycles. The van der Waals surface area contributed by atoms with Gasteiger partial charge in [-0.1, -0.05) is 146 Å². The third-order valence-corrected chi connectivity index (χ3v) is 13.6. The summed E-state index contributed by atoms with van der Waals surface area (Å²) in [5.74, 6) is 0. The number of nitrogens with zero attached hydrogens (tertiary/aromatic N) is 3. The second-order valence-corrected chi connectivity index (χ2v) is 17.0. The van der Waals surface area contributed by atoms with Gasteiger partial charge < -0.3 is 13.7 Å². The van der Waals surface area contributed by atoms with Crippen LogP contribution in [0.2, 0.25) is 0 Å². The van der Waals surface area contributed by atoms with E-state index in [2.05, 4.69) is 238 Å². The second-order valence-electron chi connectivity index (χ2n) is 17.0. The highest BCUT2D eigenvalue weighted by Crippen LogP contribution is 2.43. The zero-order valence-electron chi connectivity index (χ0n) is 34.2. The number of benzene rings is 11. The van der Waals surface area contributed by atoms with Crippen LogP contribution >= 0.6 is 0 Å². The maximum atomic E-state index is 2.48. The van der Waals surface area contributed by atoms with E-state index in [1.54, 1.807) is 0 Å². The van der Waals surface area contributed by atoms with Gasteiger partial charge in [0.05, 0.1) is 38.8 Å². The average molecular weight is 800 g/mol. The molecular formula is C60H37N3. The van der Waals surface area contributed by atoms with Crippen LogP contribution in [0.5, 0.6) is 0 Å². The SMILES string of the molecule is c1ccc2cc(-n3c4ccccc4c4cc5c6cc(-c7ccc8c(c7)c7ccccc7n8-c7cccc8ccccc78)ccc6n(-c6ccc7ccccc7c6)c5cc43)ccc2c1. The predicted molar refractivity (Wildman–Crippen MR) is 267 cm³/mol. The summed E-state index contributed by atoms with van der Waals surface area (Å²) >= 11 is 0. The molecule has 0 fully saturated rings. The Kier molecular flexibility index (Phi) is 7.11. The van der Waals surface area contributed by atoms with E-state index in [9.17, 15) is 0 Å². The highest BCUT2D eigenvalue weighted by atomic mass is 15.0. The van der Waals surface area contributed by atoms with Crippen LogP contribution in [0.3, 0.4) is 0 Å². The monoisotopic (exact) mass is 799 g/mol. The van der Waals surface area contributed by atoms with E-state index in [4.69, 9.17) is 0 Å². The van der Waals surface area contributed by atoms with Crippen LogP contribution in [-0.2, 0) is 0 Å². The van der Waals surface area contributed by atoms with E-state index in [1.165, 1.54) is 115 Å². The predicted octanol–water partition coefficient (Wildman–Crippen LogP) is 16.1. The Hall–Kier alpha value is -8.40. The van der Waals surface area contributed by atoms with Crippen molar-refractivity contribution in [2.75, 3.05) is 0 Å². The molecule has 11 aromatic carbocycles. The molecule has 3 aromatic heterocycles. The van der Waals surface area contributed by atoms with E-state index >= 15 is 0 Å². The van der Waals surface area contributed by atoms with Crippen LogP contribution in [0, 0.1) is 0 Å². The molecule has 0 aliphatic rings. The third-order valence-electron chi connectivity index (χ3n) is 13.6. The summed E-state index contributed by atoms with van der Waals surface area (Å²) in [5, 5.41) is 14.9. The number of para-hydroxylation sites is 2. The molecule has 0 atom stereocenters. The van der Waals surface area contributed by atoms with Crippen LogP contribution < -0.4 is 0 Å². The summed E-state index contributed by atoms with van der Waals surface area (Å²) in [6, 6.07) is 83.0. The van der Waals surface area contributed by atoms with Crippen LogP contribution in [0.25, 0.3) is 126 Å². The Morgan fingerprint density at radius 3 is 1.25 bits per heavy atom. The number of hydrogen-bond acceptors (Lipinski definition) is 0. The van der Waals surface area contributed by atoms with E-state index in [0.717, 1.165) is 11.4 Å². The number of aromatic nitrogens is 3. The fourth-order valence-electron chi connectivity index (χ4n) is 10.7. The normalized spacial score (nSPS) is 12.1. The molecule has 0 spiro atoms. The molecule has 0 radical (unpaired) electrons. The molecule has 0 saturated heterocycles. The smallest absolute Gasteiger partial charge is 0.0562 e. The van der Waals surface area contributed by atoms with Gasteiger partial charge in [-0.2, -0.15) is 0 Å². The molecular weight excluding hydrogens is 763 g/mol. The van der Waals surface area contributed by atoms with Gasteiger partial charge in [-0.25, -0.2) is 0 Å². The van der Waals surface area contributed by atoms with E-state index in [0.29, 0.717) is 0 Å². The minimum Gasteiger partial charge on any atom is -0.309 e. The lowest BCUT2D eigenvalue weighted by atomic mass is 10.00. The number of fused-ring (bicyclic) bond motifs is 12. The summed E-state index contributed by atoms with van der Waals surface area (Å²) in [7, 11) is 0. The van der Waals surface area contributed by atoms with Gasteiger partial charge in [-0.15, -0.1) is 0 Å². The Balaban J connectivity index is 1.03. The first-order valence-corrected chi connectivity index (χ1v) is 21.8. The van der Waals surface area contributed by atoms with Crippen LogP contribution in [0.15, 0.2) is 224 Å². The van der Waals surface area contributed by atoms with E-state index < -0.39 is 0 Å². The quantitative estimate of drug-likeness (QED) is 0.168. The Labute approximate surface area is 362 Å². The van der Waals surface area contributed by atoms with Gasteiger partial charge in [0.1, 0.15) is 0 Å². The molecule has 0 saturated carbocycles. The van der Waals surface area contributed by atoms with Gasteiger partial charge in [0.15, 0.2) is 0 Å². The molecule has 292 valence electrons. The standard InChI is InChI=1S/C60H37N3/c1-3-15-41-32-45(28-24-38(41)12-1)61-55-21-9-7-20-49(55)52-36-53-51-35-44(26-30-57(51)62(60(53)37-59(52)61)46-29-25-39-13-2-4-16-42(39)33-46)43-27-31-58-50(34-43)48-19-8-10-22-56(48)63(58)54-23-11-17-40-14-5-6-18-47(40)54/h1-37H. The molecule has 0 unspecified atom stereocenters. The molecule has 63 heavy (non-hydrogen) atoms. The first-order valence-electron chi connectivity index (χ1n) is 21.8. The minimum absolute atomic E-state index is 1.15. The Bertz CT molecular complexity index is 4210. The highest BCUT2D eigenvalue weighted by Gasteiger charge is 2.21. The van der Waals surface area contributed by atoms with Crippen molar-refractivity contribution in [1.82, 2.24) is 13.7 Å². The minimum atomic E-state index is 1.15. The summed E-state index contributed by atoms with van der Waals surface area (Å²) in [5.41, 5.74) is 13.1. The van der Waals surface area contributed by atoms with Crippen molar-refractivity contribution in [3.63, 3.8) is 0 Å². The van der Waals surface area contributed by atoms with Gasteiger partial charge in [0.25, 0.3) is 0 Å². The molecule has 0 amide bonds. The van der Waals surface area contributed by atoms with Gasteiger partial charge in [0.2, 0.25) is 0 Å². The van der Waals surface area contributed by atoms with Gasteiger partial charge in [0, 0.05) is 49.1 Å². The fraction of sp³-hybridized carbons (Fsp3) is 0. The lowest BCUT2D eigenvalue weighted by Crippen LogP contribution is -1.96. The molecule has 14 aromatic rings. The summed E-state index contributed by atoms with van der Waals surface area (Å²) in [6.45, 7) is 0. The molecule has 3 nitrogen and oxygen atoms in total. The van der Waals surface area contributed by atoms with Gasteiger partial charge in [-0.3, -0.25) is 0 Å². The number of hydrogen-bond donors (Lipinski definition) is 0. The van der Waals surface area contributed by atoms with E-state index in [-0.39, 0.29) is 0 Å². The zero-order chi connectivity index (χ0) is 41.2. The van der Waals surface area contributed by atoms with Crippen LogP contribution in [0.4, 0.5) is 0 Å². The van der Waals surface area contributed by atoms with Crippen molar-refractivity contribution in [3.8, 4) is 28.2 Å². The Morgan fingerprint density at radius 1 is 0.206 bits per heavy atom. The molecule has 0 bridgehead atoms. The molecule has 3 heterocycles. The highest BCUT2D eigenvalue weighted by molar-refractivity contribution is 6.20. The molecule has 14 rings (SSSR count). The average Bonchev–Trinajstić information content (AvgIpc) is 3.97. The van der Waals surface area contributed by atoms with Gasteiger partial charge in [-0.05, 0) is 117 Å². The summed E-state index contributed by atoms with van der Waals surface area (Å²) < 4.78 is 7.37. The van der Waals surface area contributed by atoms with Crippen molar-refractivity contribution in [2.45, 2.75) is 0 Å². The summed E-state index contributed by atoms with van der Waals surface area (Å²) in [4.78, 5) is 0. The molecule has 0 N–H and O–H groups in total. The van der Waals surface area contributed by atoms with Crippen LogP contribution in [-0.4, -0.2) is 13.7 Å². The van der Waals surface area contributed by atoms with Crippen LogP contribution in [0.1, 0.15) is 0 Å². The first-order chi connectivity index (χ1) is 31.2. The maximum absolute atomic E-state index is 2.48. The zero-order valence-corrected chi connectivity index (χ0v) is 34.2. The van der Waals surface area contributed by atoms with Crippen molar-refractivity contribution in [2.24, 2.45) is 0 Å². The van der Waals surface area contributed by atoms with E-state index in [1.807, 2.05) is 0 Å². The molecule has 3 heteroatoms. The summed E-state index contributed by atoms with van der Waals surface area (Å²) in [6.07, 6.45) is 0. The lowest BCUT2D eigenvalue weighted by Gasteiger charge is -2.12. The third kappa shape index (κ3) is 5.02. The van der Waals surface area contributed by atoms with Gasteiger partial charge >= 0.3 is 0 Å². The molecule has 0 aliphatic carbocycles.